The molecule has 2 amide bonds. The van der Waals surface area contributed by atoms with Gasteiger partial charge < -0.3 is 5.32 Å². The number of aromatic nitrogens is 4. The van der Waals surface area contributed by atoms with Gasteiger partial charge in [0.1, 0.15) is 11.3 Å². The highest BCUT2D eigenvalue weighted by molar-refractivity contribution is 5.89. The lowest BCUT2D eigenvalue weighted by Gasteiger charge is -2.14. The third-order valence-electron chi connectivity index (χ3n) is 4.93. The Hall–Kier alpha value is -3.87. The van der Waals surface area contributed by atoms with Gasteiger partial charge in [0.25, 0.3) is 0 Å². The first-order chi connectivity index (χ1) is 15.2. The minimum atomic E-state index is -0.282. The molecule has 31 heavy (non-hydrogen) atoms. The number of anilines is 1. The fourth-order valence-electron chi connectivity index (χ4n) is 3.33. The normalized spacial score (nSPS) is 11.8. The summed E-state index contributed by atoms with van der Waals surface area (Å²) >= 11 is 0. The molecule has 0 aliphatic rings. The molecule has 7 heteroatoms. The fourth-order valence-corrected chi connectivity index (χ4v) is 3.33. The summed E-state index contributed by atoms with van der Waals surface area (Å²) in [6.45, 7) is 2.00. The van der Waals surface area contributed by atoms with E-state index in [-0.39, 0.29) is 12.1 Å². The Morgan fingerprint density at radius 1 is 1.00 bits per heavy atom. The highest BCUT2D eigenvalue weighted by Gasteiger charge is 2.10. The molecule has 7 nitrogen and oxygen atoms in total. The van der Waals surface area contributed by atoms with Gasteiger partial charge in [0.2, 0.25) is 0 Å². The van der Waals surface area contributed by atoms with Crippen LogP contribution in [0.5, 0.6) is 0 Å². The van der Waals surface area contributed by atoms with Crippen molar-refractivity contribution >= 4 is 23.0 Å². The van der Waals surface area contributed by atoms with Crippen molar-refractivity contribution in [3.8, 4) is 11.3 Å². The highest BCUT2D eigenvalue weighted by Crippen LogP contribution is 2.18. The molecule has 3 aromatic heterocycles. The number of nitrogens with zero attached hydrogens (tertiary/aromatic N) is 4. The molecular weight excluding hydrogens is 388 g/mol. The Morgan fingerprint density at radius 3 is 2.68 bits per heavy atom. The number of aryl methyl sites for hydroxylation is 1. The molecule has 0 fully saturated rings. The smallest absolute Gasteiger partial charge is 0.320 e. The Bertz CT molecular complexity index is 1150. The number of hydrogen-bond acceptors (Lipinski definition) is 5. The van der Waals surface area contributed by atoms with Crippen LogP contribution in [0.4, 0.5) is 10.6 Å². The number of carbonyl (C=O) groups excluding carboxylic acids is 1. The number of pyridine rings is 2. The maximum Gasteiger partial charge on any atom is 0.320 e. The molecule has 156 valence electrons. The van der Waals surface area contributed by atoms with Gasteiger partial charge in [-0.1, -0.05) is 30.3 Å². The van der Waals surface area contributed by atoms with E-state index < -0.39 is 0 Å². The van der Waals surface area contributed by atoms with Crippen LogP contribution in [-0.4, -0.2) is 32.0 Å². The first kappa shape index (κ1) is 20.4. The molecule has 2 N–H and O–H groups in total. The number of nitrogens with one attached hydrogen (secondary N) is 2. The Balaban J connectivity index is 1.34. The third-order valence-corrected chi connectivity index (χ3v) is 4.93. The lowest BCUT2D eigenvalue weighted by atomic mass is 10.1. The van der Waals surface area contributed by atoms with Crippen molar-refractivity contribution in [2.45, 2.75) is 32.2 Å². The summed E-state index contributed by atoms with van der Waals surface area (Å²) in [6.07, 6.45) is 8.03. The number of fused-ring (bicyclic) bond motifs is 1. The van der Waals surface area contributed by atoms with Crippen LogP contribution >= 0.6 is 0 Å². The molecule has 0 saturated heterocycles. The molecule has 1 atom stereocenters. The van der Waals surface area contributed by atoms with Crippen LogP contribution in [0.2, 0.25) is 0 Å². The van der Waals surface area contributed by atoms with Crippen LogP contribution in [0.3, 0.4) is 0 Å². The average Bonchev–Trinajstić information content (AvgIpc) is 2.80. The van der Waals surface area contributed by atoms with Gasteiger partial charge in [-0.05, 0) is 56.0 Å². The first-order valence-corrected chi connectivity index (χ1v) is 10.3. The fraction of sp³-hybridized carbons (Fsp3) is 0.208. The van der Waals surface area contributed by atoms with Crippen molar-refractivity contribution in [3.63, 3.8) is 0 Å². The molecule has 0 aliphatic heterocycles. The molecule has 0 spiro atoms. The number of benzene rings is 1. The van der Waals surface area contributed by atoms with E-state index in [1.54, 1.807) is 30.7 Å². The van der Waals surface area contributed by atoms with Crippen LogP contribution in [0.25, 0.3) is 22.4 Å². The molecule has 1 unspecified atom stereocenters. The van der Waals surface area contributed by atoms with E-state index in [1.165, 1.54) is 5.56 Å². The van der Waals surface area contributed by atoms with Crippen molar-refractivity contribution in [1.82, 2.24) is 25.3 Å². The van der Waals surface area contributed by atoms with Gasteiger partial charge in [-0.3, -0.25) is 15.3 Å². The highest BCUT2D eigenvalue weighted by atomic mass is 16.2. The summed E-state index contributed by atoms with van der Waals surface area (Å²) in [5, 5.41) is 5.76. The quantitative estimate of drug-likeness (QED) is 0.462. The minimum Gasteiger partial charge on any atom is -0.335 e. The maximum absolute atomic E-state index is 12.4. The zero-order valence-corrected chi connectivity index (χ0v) is 17.3. The van der Waals surface area contributed by atoms with Crippen molar-refractivity contribution < 1.29 is 4.79 Å². The monoisotopic (exact) mass is 412 g/mol. The van der Waals surface area contributed by atoms with Crippen LogP contribution in [0, 0.1) is 0 Å². The van der Waals surface area contributed by atoms with E-state index in [0.29, 0.717) is 22.7 Å². The Kier molecular flexibility index (Phi) is 6.42. The minimum absolute atomic E-state index is 0.0566. The number of urea groups is 1. The van der Waals surface area contributed by atoms with E-state index in [1.807, 2.05) is 37.3 Å². The molecule has 0 radical (unpaired) electrons. The van der Waals surface area contributed by atoms with Crippen molar-refractivity contribution in [2.24, 2.45) is 0 Å². The van der Waals surface area contributed by atoms with Gasteiger partial charge >= 0.3 is 6.03 Å². The molecule has 1 aromatic carbocycles. The zero-order chi connectivity index (χ0) is 21.5. The number of carbonyl (C=O) groups is 1. The molecule has 4 rings (SSSR count). The molecule has 3 heterocycles. The van der Waals surface area contributed by atoms with E-state index >= 15 is 0 Å². The summed E-state index contributed by atoms with van der Waals surface area (Å²) in [5.41, 5.74) is 3.98. The predicted octanol–water partition coefficient (Wildman–Crippen LogP) is 4.62. The van der Waals surface area contributed by atoms with E-state index in [9.17, 15) is 4.79 Å². The zero-order valence-electron chi connectivity index (χ0n) is 17.3. The van der Waals surface area contributed by atoms with Gasteiger partial charge in [-0.15, -0.1) is 0 Å². The van der Waals surface area contributed by atoms with Crippen LogP contribution < -0.4 is 10.6 Å². The molecular formula is C24H24N6O. The Labute approximate surface area is 181 Å². The van der Waals surface area contributed by atoms with Crippen LogP contribution in [0.1, 0.15) is 25.3 Å². The molecule has 0 saturated carbocycles. The van der Waals surface area contributed by atoms with Crippen LogP contribution in [0.15, 0.2) is 73.2 Å². The summed E-state index contributed by atoms with van der Waals surface area (Å²) in [6, 6.07) is 17.4. The Morgan fingerprint density at radius 2 is 1.87 bits per heavy atom. The van der Waals surface area contributed by atoms with Gasteiger partial charge in [-0.2, -0.15) is 0 Å². The van der Waals surface area contributed by atoms with Gasteiger partial charge in [0.15, 0.2) is 5.65 Å². The molecule has 0 bridgehead atoms. The van der Waals surface area contributed by atoms with Gasteiger partial charge in [0.05, 0.1) is 11.9 Å². The standard InChI is InChI=1S/C24H24N6O/c1-17(7-5-10-18-8-3-2-4-9-18)27-24(31)30-22-13-12-20-23(29-22)28-21(16-26-20)19-11-6-14-25-15-19/h2-4,6,8-9,11-17H,5,7,10H2,1H3,(H2,27,28,29,30,31). The number of rotatable bonds is 7. The summed E-state index contributed by atoms with van der Waals surface area (Å²) in [7, 11) is 0. The largest absolute Gasteiger partial charge is 0.335 e. The predicted molar refractivity (Wildman–Crippen MR) is 122 cm³/mol. The summed E-state index contributed by atoms with van der Waals surface area (Å²) in [4.78, 5) is 29.9. The lowest BCUT2D eigenvalue weighted by molar-refractivity contribution is 0.248. The lowest BCUT2D eigenvalue weighted by Crippen LogP contribution is -2.36. The SMILES string of the molecule is CC(CCCc1ccccc1)NC(=O)Nc1ccc2ncc(-c3cccnc3)nc2n1. The average molecular weight is 412 g/mol. The van der Waals surface area contributed by atoms with E-state index in [0.717, 1.165) is 24.8 Å². The van der Waals surface area contributed by atoms with E-state index in [2.05, 4.69) is 42.7 Å². The van der Waals surface area contributed by atoms with Crippen molar-refractivity contribution in [3.05, 3.63) is 78.8 Å². The second-order valence-corrected chi connectivity index (χ2v) is 7.41. The van der Waals surface area contributed by atoms with Crippen molar-refractivity contribution in [2.75, 3.05) is 5.32 Å². The van der Waals surface area contributed by atoms with Crippen molar-refractivity contribution in [1.29, 1.82) is 0 Å². The topological polar surface area (TPSA) is 92.7 Å². The molecule has 0 aliphatic carbocycles. The van der Waals surface area contributed by atoms with E-state index in [4.69, 9.17) is 0 Å². The van der Waals surface area contributed by atoms with Gasteiger partial charge in [-0.25, -0.2) is 14.8 Å². The molecule has 4 aromatic rings. The third kappa shape index (κ3) is 5.60. The first-order valence-electron chi connectivity index (χ1n) is 10.3. The number of amides is 2. The second-order valence-electron chi connectivity index (χ2n) is 7.41. The summed E-state index contributed by atoms with van der Waals surface area (Å²) < 4.78 is 0. The van der Waals surface area contributed by atoms with Crippen LogP contribution in [-0.2, 0) is 6.42 Å². The summed E-state index contributed by atoms with van der Waals surface area (Å²) in [5.74, 6) is 0.430. The van der Waals surface area contributed by atoms with Gasteiger partial charge in [0, 0.05) is 24.0 Å². The second kappa shape index (κ2) is 9.75. The number of hydrogen-bond donors (Lipinski definition) is 2. The maximum atomic E-state index is 12.4.